The van der Waals surface area contributed by atoms with E-state index in [1.807, 2.05) is 0 Å². The Bertz CT molecular complexity index is 535. The van der Waals surface area contributed by atoms with E-state index < -0.39 is 0 Å². The van der Waals surface area contributed by atoms with Crippen LogP contribution in [0.3, 0.4) is 0 Å². The number of carbonyl (C=O) groups is 1. The van der Waals surface area contributed by atoms with Gasteiger partial charge in [0.15, 0.2) is 0 Å². The van der Waals surface area contributed by atoms with Crippen LogP contribution in [0.5, 0.6) is 5.88 Å². The zero-order valence-corrected chi connectivity index (χ0v) is 10.1. The fraction of sp³-hybridized carbons (Fsp3) is 0.154. The number of esters is 1. The lowest BCUT2D eigenvalue weighted by Crippen LogP contribution is -2.00. The molecule has 5 heteroatoms. The number of aromatic nitrogens is 2. The van der Waals surface area contributed by atoms with Crippen molar-refractivity contribution in [3.63, 3.8) is 0 Å². The maximum atomic E-state index is 11.3. The van der Waals surface area contributed by atoms with E-state index in [4.69, 9.17) is 4.74 Å². The van der Waals surface area contributed by atoms with Crippen molar-refractivity contribution in [1.82, 2.24) is 10.2 Å². The van der Waals surface area contributed by atoms with Gasteiger partial charge in [0.1, 0.15) is 0 Å². The van der Waals surface area contributed by atoms with Gasteiger partial charge < -0.3 is 9.47 Å². The molecule has 0 aliphatic carbocycles. The highest BCUT2D eigenvalue weighted by atomic mass is 16.5. The van der Waals surface area contributed by atoms with Crippen molar-refractivity contribution in [2.24, 2.45) is 0 Å². The molecular weight excluding hydrogens is 232 g/mol. The zero-order chi connectivity index (χ0) is 13.0. The van der Waals surface area contributed by atoms with Crippen LogP contribution in [-0.2, 0) is 4.74 Å². The van der Waals surface area contributed by atoms with Gasteiger partial charge in [0.05, 0.1) is 25.5 Å². The number of hydrogen-bond acceptors (Lipinski definition) is 5. The summed E-state index contributed by atoms with van der Waals surface area (Å²) in [5, 5.41) is 7.91. The van der Waals surface area contributed by atoms with Gasteiger partial charge in [-0.15, -0.1) is 10.2 Å². The molecule has 0 amide bonds. The van der Waals surface area contributed by atoms with Crippen LogP contribution in [-0.4, -0.2) is 30.4 Å². The molecule has 0 saturated heterocycles. The van der Waals surface area contributed by atoms with Crippen LogP contribution in [0.4, 0.5) is 0 Å². The topological polar surface area (TPSA) is 61.3 Å². The first-order valence-electron chi connectivity index (χ1n) is 5.31. The Morgan fingerprint density at radius 2 is 1.72 bits per heavy atom. The molecule has 1 aromatic heterocycles. The summed E-state index contributed by atoms with van der Waals surface area (Å²) in [6, 6.07) is 10.5. The van der Waals surface area contributed by atoms with Gasteiger partial charge in [-0.25, -0.2) is 4.79 Å². The Kier molecular flexibility index (Phi) is 3.52. The third kappa shape index (κ3) is 2.45. The molecule has 0 saturated carbocycles. The maximum absolute atomic E-state index is 11.3. The lowest BCUT2D eigenvalue weighted by molar-refractivity contribution is 0.0601. The largest absolute Gasteiger partial charge is 0.480 e. The standard InChI is InChI=1S/C13H12N2O3/c1-17-12-8-7-11(14-15-12)9-3-5-10(6-4-9)13(16)18-2/h3-8H,1-2H3. The van der Waals surface area contributed by atoms with E-state index in [2.05, 4.69) is 14.9 Å². The van der Waals surface area contributed by atoms with E-state index in [1.54, 1.807) is 36.4 Å². The van der Waals surface area contributed by atoms with E-state index in [0.717, 1.165) is 5.56 Å². The van der Waals surface area contributed by atoms with E-state index >= 15 is 0 Å². The van der Waals surface area contributed by atoms with Crippen LogP contribution in [0.1, 0.15) is 10.4 Å². The quantitative estimate of drug-likeness (QED) is 0.772. The zero-order valence-electron chi connectivity index (χ0n) is 10.1. The van der Waals surface area contributed by atoms with Gasteiger partial charge >= 0.3 is 5.97 Å². The minimum atomic E-state index is -0.359. The number of hydrogen-bond donors (Lipinski definition) is 0. The molecule has 0 bridgehead atoms. The lowest BCUT2D eigenvalue weighted by atomic mass is 10.1. The third-order valence-corrected chi connectivity index (χ3v) is 2.45. The van der Waals surface area contributed by atoms with Crippen LogP contribution in [0.25, 0.3) is 11.3 Å². The Hall–Kier alpha value is -2.43. The van der Waals surface area contributed by atoms with Crippen molar-refractivity contribution >= 4 is 5.97 Å². The second-order valence-corrected chi connectivity index (χ2v) is 3.53. The first kappa shape index (κ1) is 12.0. The summed E-state index contributed by atoms with van der Waals surface area (Å²) in [6.45, 7) is 0. The van der Waals surface area contributed by atoms with E-state index in [-0.39, 0.29) is 5.97 Å². The molecule has 0 unspecified atom stereocenters. The summed E-state index contributed by atoms with van der Waals surface area (Å²) in [6.07, 6.45) is 0. The summed E-state index contributed by atoms with van der Waals surface area (Å²) >= 11 is 0. The molecule has 0 spiro atoms. The van der Waals surface area contributed by atoms with Crippen molar-refractivity contribution in [2.45, 2.75) is 0 Å². The highest BCUT2D eigenvalue weighted by molar-refractivity contribution is 5.89. The highest BCUT2D eigenvalue weighted by Crippen LogP contribution is 2.18. The lowest BCUT2D eigenvalue weighted by Gasteiger charge is -2.03. The van der Waals surface area contributed by atoms with Gasteiger partial charge in [-0.2, -0.15) is 0 Å². The minimum absolute atomic E-state index is 0.359. The van der Waals surface area contributed by atoms with Crippen molar-refractivity contribution in [3.8, 4) is 17.1 Å². The molecule has 0 radical (unpaired) electrons. The van der Waals surface area contributed by atoms with Crippen molar-refractivity contribution in [1.29, 1.82) is 0 Å². The van der Waals surface area contributed by atoms with Crippen molar-refractivity contribution in [2.75, 3.05) is 14.2 Å². The molecule has 18 heavy (non-hydrogen) atoms. The SMILES string of the molecule is COC(=O)c1ccc(-c2ccc(OC)nn2)cc1. The summed E-state index contributed by atoms with van der Waals surface area (Å²) in [5.74, 6) is 0.104. The maximum Gasteiger partial charge on any atom is 0.337 e. The molecule has 1 aromatic carbocycles. The fourth-order valence-electron chi connectivity index (χ4n) is 1.48. The Morgan fingerprint density at radius 1 is 1.00 bits per heavy atom. The van der Waals surface area contributed by atoms with E-state index in [1.165, 1.54) is 14.2 Å². The van der Waals surface area contributed by atoms with Gasteiger partial charge in [-0.05, 0) is 18.2 Å². The first-order chi connectivity index (χ1) is 8.74. The molecule has 92 valence electrons. The van der Waals surface area contributed by atoms with Crippen LogP contribution in [0.2, 0.25) is 0 Å². The first-order valence-corrected chi connectivity index (χ1v) is 5.31. The van der Waals surface area contributed by atoms with Crippen molar-refractivity contribution in [3.05, 3.63) is 42.0 Å². The van der Waals surface area contributed by atoms with Gasteiger partial charge in [-0.1, -0.05) is 12.1 Å². The average molecular weight is 244 g/mol. The summed E-state index contributed by atoms with van der Waals surface area (Å²) < 4.78 is 9.56. The van der Waals surface area contributed by atoms with E-state index in [9.17, 15) is 4.79 Å². The number of benzene rings is 1. The monoisotopic (exact) mass is 244 g/mol. The molecule has 0 atom stereocenters. The normalized spacial score (nSPS) is 9.89. The van der Waals surface area contributed by atoms with Crippen molar-refractivity contribution < 1.29 is 14.3 Å². The molecule has 0 aliphatic rings. The van der Waals surface area contributed by atoms with Crippen LogP contribution in [0.15, 0.2) is 36.4 Å². The number of carbonyl (C=O) groups excluding carboxylic acids is 1. The number of nitrogens with zero attached hydrogens (tertiary/aromatic N) is 2. The molecule has 0 fully saturated rings. The summed E-state index contributed by atoms with van der Waals surface area (Å²) in [7, 11) is 2.89. The smallest absolute Gasteiger partial charge is 0.337 e. The Balaban J connectivity index is 2.25. The minimum Gasteiger partial charge on any atom is -0.480 e. The average Bonchev–Trinajstić information content (AvgIpc) is 2.47. The summed E-state index contributed by atoms with van der Waals surface area (Å²) in [4.78, 5) is 11.3. The van der Waals surface area contributed by atoms with Crippen LogP contribution < -0.4 is 4.74 Å². The predicted octanol–water partition coefficient (Wildman–Crippen LogP) is 1.94. The number of rotatable bonds is 3. The molecule has 0 N–H and O–H groups in total. The van der Waals surface area contributed by atoms with Gasteiger partial charge in [-0.3, -0.25) is 0 Å². The molecular formula is C13H12N2O3. The fourth-order valence-corrected chi connectivity index (χ4v) is 1.48. The van der Waals surface area contributed by atoms with E-state index in [0.29, 0.717) is 17.1 Å². The molecule has 2 rings (SSSR count). The Morgan fingerprint density at radius 3 is 2.22 bits per heavy atom. The highest BCUT2D eigenvalue weighted by Gasteiger charge is 2.06. The number of methoxy groups -OCH3 is 2. The molecule has 2 aromatic rings. The molecule has 5 nitrogen and oxygen atoms in total. The van der Waals surface area contributed by atoms with Crippen LogP contribution >= 0.6 is 0 Å². The third-order valence-electron chi connectivity index (χ3n) is 2.45. The second-order valence-electron chi connectivity index (χ2n) is 3.53. The predicted molar refractivity (Wildman–Crippen MR) is 65.4 cm³/mol. The number of ether oxygens (including phenoxy) is 2. The Labute approximate surface area is 104 Å². The molecule has 0 aliphatic heterocycles. The van der Waals surface area contributed by atoms with Gasteiger partial charge in [0, 0.05) is 11.6 Å². The summed E-state index contributed by atoms with van der Waals surface area (Å²) in [5.41, 5.74) is 2.09. The molecule has 1 heterocycles. The second kappa shape index (κ2) is 5.27. The van der Waals surface area contributed by atoms with Gasteiger partial charge in [0.25, 0.3) is 0 Å². The van der Waals surface area contributed by atoms with Crippen LogP contribution in [0, 0.1) is 0 Å². The van der Waals surface area contributed by atoms with Gasteiger partial charge in [0.2, 0.25) is 5.88 Å².